The Morgan fingerprint density at radius 3 is 2.52 bits per heavy atom. The van der Waals surface area contributed by atoms with Crippen LogP contribution in [-0.2, 0) is 31.2 Å². The minimum Gasteiger partial charge on any atom is -0.324 e. The number of nitrogens with zero attached hydrogens (tertiary/aromatic N) is 2. The van der Waals surface area contributed by atoms with Crippen molar-refractivity contribution in [3.05, 3.63) is 76.2 Å². The largest absolute Gasteiger partial charge is 0.329 e. The van der Waals surface area contributed by atoms with Gasteiger partial charge in [-0.15, -0.1) is 0 Å². The molecule has 27 heavy (non-hydrogen) atoms. The summed E-state index contributed by atoms with van der Waals surface area (Å²) in [6.07, 6.45) is 2.10. The number of para-hydroxylation sites is 2. The molecule has 0 atom stereocenters. The second kappa shape index (κ2) is 5.84. The number of benzene rings is 3. The van der Waals surface area contributed by atoms with Gasteiger partial charge in [0.2, 0.25) is 5.91 Å². The van der Waals surface area contributed by atoms with Crippen molar-refractivity contribution in [1.82, 2.24) is 9.13 Å². The molecule has 0 spiro atoms. The highest BCUT2D eigenvalue weighted by molar-refractivity contribution is 6.05. The number of aryl methyl sites for hydroxylation is 3. The standard InChI is InChI=1S/C22H19N3O2/c1-24-18-7-2-3-8-19(18)25(22(24)27)13-20(26)23-17-12-11-15-10-9-14-5-4-6-16(17)21(14)15/h2-8,11-12H,9-10,13H2,1H3,(H,23,26). The Morgan fingerprint density at radius 2 is 1.70 bits per heavy atom. The number of hydrogen-bond acceptors (Lipinski definition) is 2. The van der Waals surface area contributed by atoms with E-state index in [0.717, 1.165) is 34.9 Å². The SMILES string of the molecule is Cn1c(=O)n(CC(=O)Nc2ccc3c4c(cccc24)CC3)c2ccccc21. The molecule has 1 aliphatic rings. The predicted molar refractivity (Wildman–Crippen MR) is 107 cm³/mol. The number of carbonyl (C=O) groups is 1. The molecule has 0 radical (unpaired) electrons. The topological polar surface area (TPSA) is 56.0 Å². The molecule has 0 bridgehead atoms. The highest BCUT2D eigenvalue weighted by Crippen LogP contribution is 2.35. The molecule has 5 rings (SSSR count). The molecule has 1 aliphatic carbocycles. The van der Waals surface area contributed by atoms with Gasteiger partial charge in [-0.05, 0) is 47.6 Å². The molecule has 0 fully saturated rings. The average Bonchev–Trinajstić information content (AvgIpc) is 3.21. The maximum atomic E-state index is 12.7. The first-order chi connectivity index (χ1) is 13.1. The highest BCUT2D eigenvalue weighted by Gasteiger charge is 2.18. The summed E-state index contributed by atoms with van der Waals surface area (Å²) < 4.78 is 3.09. The Kier molecular flexibility index (Phi) is 3.44. The third-order valence-electron chi connectivity index (χ3n) is 5.50. The van der Waals surface area contributed by atoms with Crippen LogP contribution in [0.25, 0.3) is 21.8 Å². The molecule has 1 amide bonds. The van der Waals surface area contributed by atoms with Gasteiger partial charge in [-0.25, -0.2) is 4.79 Å². The molecule has 0 saturated carbocycles. The smallest absolute Gasteiger partial charge is 0.324 e. The van der Waals surface area contributed by atoms with Crippen LogP contribution in [0, 0.1) is 0 Å². The number of nitrogens with one attached hydrogen (secondary N) is 1. The maximum absolute atomic E-state index is 12.7. The normalized spacial score (nSPS) is 12.8. The zero-order chi connectivity index (χ0) is 18.5. The number of anilines is 1. The predicted octanol–water partition coefficient (Wildman–Crippen LogP) is 3.23. The van der Waals surface area contributed by atoms with E-state index in [1.165, 1.54) is 21.1 Å². The number of fused-ring (bicyclic) bond motifs is 1. The minimum atomic E-state index is -0.202. The van der Waals surface area contributed by atoms with Crippen LogP contribution >= 0.6 is 0 Å². The van der Waals surface area contributed by atoms with Gasteiger partial charge in [-0.2, -0.15) is 0 Å². The Balaban J connectivity index is 1.50. The molecular weight excluding hydrogens is 338 g/mol. The molecule has 1 aromatic heterocycles. The van der Waals surface area contributed by atoms with E-state index in [2.05, 4.69) is 17.4 Å². The second-order valence-corrected chi connectivity index (χ2v) is 7.08. The van der Waals surface area contributed by atoms with Crippen LogP contribution in [0.5, 0.6) is 0 Å². The van der Waals surface area contributed by atoms with Crippen molar-refractivity contribution in [1.29, 1.82) is 0 Å². The van der Waals surface area contributed by atoms with E-state index in [1.54, 1.807) is 11.6 Å². The van der Waals surface area contributed by atoms with Crippen LogP contribution in [0.2, 0.25) is 0 Å². The Bertz CT molecular complexity index is 1270. The van der Waals surface area contributed by atoms with Gasteiger partial charge in [0.25, 0.3) is 0 Å². The second-order valence-electron chi connectivity index (χ2n) is 7.08. The summed E-state index contributed by atoms with van der Waals surface area (Å²) in [4.78, 5) is 25.3. The van der Waals surface area contributed by atoms with Crippen molar-refractivity contribution in [2.24, 2.45) is 7.05 Å². The third-order valence-corrected chi connectivity index (χ3v) is 5.50. The third kappa shape index (κ3) is 2.39. The van der Waals surface area contributed by atoms with Crippen molar-refractivity contribution in [3.8, 4) is 0 Å². The number of amides is 1. The van der Waals surface area contributed by atoms with Crippen LogP contribution in [0.1, 0.15) is 11.1 Å². The van der Waals surface area contributed by atoms with Crippen molar-refractivity contribution in [3.63, 3.8) is 0 Å². The van der Waals surface area contributed by atoms with Crippen molar-refractivity contribution in [2.75, 3.05) is 5.32 Å². The Morgan fingerprint density at radius 1 is 0.963 bits per heavy atom. The molecular formula is C22H19N3O2. The lowest BCUT2D eigenvalue weighted by Gasteiger charge is -2.11. The van der Waals surface area contributed by atoms with Crippen molar-refractivity contribution in [2.45, 2.75) is 19.4 Å². The number of hydrogen-bond donors (Lipinski definition) is 1. The van der Waals surface area contributed by atoms with Crippen molar-refractivity contribution >= 4 is 33.4 Å². The maximum Gasteiger partial charge on any atom is 0.329 e. The Labute approximate surface area is 155 Å². The van der Waals surface area contributed by atoms with Gasteiger partial charge in [-0.3, -0.25) is 13.9 Å². The summed E-state index contributed by atoms with van der Waals surface area (Å²) in [6.45, 7) is -0.0108. The molecule has 5 nitrogen and oxygen atoms in total. The molecule has 4 aromatic rings. The summed E-state index contributed by atoms with van der Waals surface area (Å²) in [6, 6.07) is 17.8. The fraction of sp³-hybridized carbons (Fsp3) is 0.182. The Hall–Kier alpha value is -3.34. The van der Waals surface area contributed by atoms with Gasteiger partial charge < -0.3 is 5.32 Å². The van der Waals surface area contributed by atoms with Crippen LogP contribution in [0.3, 0.4) is 0 Å². The summed E-state index contributed by atoms with van der Waals surface area (Å²) in [5, 5.41) is 5.34. The van der Waals surface area contributed by atoms with E-state index in [4.69, 9.17) is 0 Å². The van der Waals surface area contributed by atoms with Crippen molar-refractivity contribution < 1.29 is 4.79 Å². The zero-order valence-electron chi connectivity index (χ0n) is 15.0. The van der Waals surface area contributed by atoms with E-state index < -0.39 is 0 Å². The first-order valence-electron chi connectivity index (χ1n) is 9.11. The molecule has 134 valence electrons. The lowest BCUT2D eigenvalue weighted by atomic mass is 10.0. The van der Waals surface area contributed by atoms with Gasteiger partial charge >= 0.3 is 5.69 Å². The zero-order valence-corrected chi connectivity index (χ0v) is 15.0. The monoisotopic (exact) mass is 357 g/mol. The summed E-state index contributed by atoms with van der Waals surface area (Å²) in [5.41, 5.74) is 4.87. The summed E-state index contributed by atoms with van der Waals surface area (Å²) in [5.74, 6) is -0.202. The van der Waals surface area contributed by atoms with E-state index in [9.17, 15) is 9.59 Å². The molecule has 0 unspecified atom stereocenters. The highest BCUT2D eigenvalue weighted by atomic mass is 16.2. The quantitative estimate of drug-likeness (QED) is 0.612. The lowest BCUT2D eigenvalue weighted by molar-refractivity contribution is -0.116. The van der Waals surface area contributed by atoms with Gasteiger partial charge in [-0.1, -0.05) is 36.4 Å². The molecule has 0 saturated heterocycles. The van der Waals surface area contributed by atoms with Crippen LogP contribution in [0.15, 0.2) is 59.4 Å². The van der Waals surface area contributed by atoms with E-state index >= 15 is 0 Å². The van der Waals surface area contributed by atoms with Crippen LogP contribution in [0.4, 0.5) is 5.69 Å². The molecule has 3 aromatic carbocycles. The van der Waals surface area contributed by atoms with Gasteiger partial charge in [0.05, 0.1) is 11.0 Å². The van der Waals surface area contributed by atoms with Crippen LogP contribution < -0.4 is 11.0 Å². The molecule has 5 heteroatoms. The minimum absolute atomic E-state index is 0.0108. The number of carbonyl (C=O) groups excluding carboxylic acids is 1. The van der Waals surface area contributed by atoms with Gasteiger partial charge in [0.15, 0.2) is 0 Å². The molecule has 0 aliphatic heterocycles. The first kappa shape index (κ1) is 15.9. The summed E-state index contributed by atoms with van der Waals surface area (Å²) >= 11 is 0. The molecule has 1 heterocycles. The summed E-state index contributed by atoms with van der Waals surface area (Å²) in [7, 11) is 1.72. The van der Waals surface area contributed by atoms with E-state index in [-0.39, 0.29) is 18.1 Å². The van der Waals surface area contributed by atoms with Gasteiger partial charge in [0, 0.05) is 18.1 Å². The van der Waals surface area contributed by atoms with Gasteiger partial charge in [0.1, 0.15) is 6.54 Å². The van der Waals surface area contributed by atoms with Crippen LogP contribution in [-0.4, -0.2) is 15.0 Å². The fourth-order valence-electron chi connectivity index (χ4n) is 4.21. The lowest BCUT2D eigenvalue weighted by Crippen LogP contribution is -2.28. The number of rotatable bonds is 3. The molecule has 1 N–H and O–H groups in total. The number of imidazole rings is 1. The van der Waals surface area contributed by atoms with E-state index in [0.29, 0.717) is 0 Å². The fourth-order valence-corrected chi connectivity index (χ4v) is 4.21. The average molecular weight is 357 g/mol. The first-order valence-corrected chi connectivity index (χ1v) is 9.11. The van der Waals surface area contributed by atoms with E-state index in [1.807, 2.05) is 42.5 Å². The number of aromatic nitrogens is 2.